The third kappa shape index (κ3) is 3.68. The van der Waals surface area contributed by atoms with Crippen molar-refractivity contribution in [3.63, 3.8) is 0 Å². The first-order valence-electron chi connectivity index (χ1n) is 5.37. The summed E-state index contributed by atoms with van der Waals surface area (Å²) in [6, 6.07) is 3.92. The van der Waals surface area contributed by atoms with Crippen LogP contribution in [0.2, 0.25) is 0 Å². The Labute approximate surface area is 111 Å². The highest BCUT2D eigenvalue weighted by Gasteiger charge is 2.19. The van der Waals surface area contributed by atoms with Gasteiger partial charge in [-0.2, -0.15) is 0 Å². The van der Waals surface area contributed by atoms with Gasteiger partial charge in [0, 0.05) is 23.3 Å². The number of hydrogen-bond acceptors (Lipinski definition) is 4. The summed E-state index contributed by atoms with van der Waals surface area (Å²) < 4.78 is 22.7. The average molecular weight is 292 g/mol. The minimum Gasteiger partial charge on any atom is -0.258 e. The summed E-state index contributed by atoms with van der Waals surface area (Å²) in [6.07, 6.45) is 2.05. The van der Waals surface area contributed by atoms with Crippen molar-refractivity contribution in [2.24, 2.45) is 0 Å². The molecule has 1 atom stereocenters. The summed E-state index contributed by atoms with van der Waals surface area (Å²) >= 11 is 5.97. The summed E-state index contributed by atoms with van der Waals surface area (Å²) in [6.45, 7) is 1.88. The van der Waals surface area contributed by atoms with Gasteiger partial charge < -0.3 is 0 Å². The van der Waals surface area contributed by atoms with Gasteiger partial charge in [-0.1, -0.05) is 13.0 Å². The quantitative estimate of drug-likeness (QED) is 0.474. The number of nitro groups is 1. The Balaban J connectivity index is 3.25. The van der Waals surface area contributed by atoms with E-state index in [1.807, 2.05) is 6.92 Å². The number of rotatable bonds is 5. The minimum absolute atomic E-state index is 0.0550. The van der Waals surface area contributed by atoms with Crippen LogP contribution in [0.3, 0.4) is 0 Å². The van der Waals surface area contributed by atoms with Crippen LogP contribution in [0, 0.1) is 10.1 Å². The average Bonchev–Trinajstić information content (AvgIpc) is 2.27. The molecule has 0 N–H and O–H groups in total. The van der Waals surface area contributed by atoms with Gasteiger partial charge in [-0.05, 0) is 18.9 Å². The molecule has 0 fully saturated rings. The Bertz CT molecular complexity index is 556. The molecule has 0 aromatic heterocycles. The van der Waals surface area contributed by atoms with Crippen LogP contribution < -0.4 is 0 Å². The minimum atomic E-state index is -3.45. The van der Waals surface area contributed by atoms with Crippen LogP contribution in [0.25, 0.3) is 0 Å². The molecular formula is C11H14ClNO4S. The van der Waals surface area contributed by atoms with E-state index >= 15 is 0 Å². The van der Waals surface area contributed by atoms with Crippen molar-refractivity contribution in [2.75, 3.05) is 6.26 Å². The molecule has 1 rings (SSSR count). The van der Waals surface area contributed by atoms with Gasteiger partial charge in [0.15, 0.2) is 9.84 Å². The Morgan fingerprint density at radius 1 is 1.44 bits per heavy atom. The van der Waals surface area contributed by atoms with Crippen molar-refractivity contribution in [3.8, 4) is 0 Å². The summed E-state index contributed by atoms with van der Waals surface area (Å²) in [4.78, 5) is 10.3. The lowest BCUT2D eigenvalue weighted by molar-refractivity contribution is -0.385. The molecule has 7 heteroatoms. The van der Waals surface area contributed by atoms with Crippen LogP contribution >= 0.6 is 11.6 Å². The van der Waals surface area contributed by atoms with E-state index in [1.54, 1.807) is 0 Å². The molecule has 0 aliphatic carbocycles. The van der Waals surface area contributed by atoms with E-state index in [0.29, 0.717) is 18.4 Å². The third-order valence-electron chi connectivity index (χ3n) is 2.57. The van der Waals surface area contributed by atoms with Gasteiger partial charge in [-0.25, -0.2) is 8.42 Å². The maximum Gasteiger partial charge on any atom is 0.273 e. The number of alkyl halides is 1. The largest absolute Gasteiger partial charge is 0.273 e. The molecule has 1 aromatic rings. The Kier molecular flexibility index (Phi) is 4.70. The molecule has 0 bridgehead atoms. The topological polar surface area (TPSA) is 77.3 Å². The predicted molar refractivity (Wildman–Crippen MR) is 69.8 cm³/mol. The standard InChI is InChI=1S/C11H14ClNO4S/c1-3-9(12)6-8-4-5-10(18(2,16)17)7-11(8)13(14)15/h4-5,7,9H,3,6H2,1-2H3. The molecule has 0 saturated heterocycles. The highest BCUT2D eigenvalue weighted by Crippen LogP contribution is 2.25. The Hall–Kier alpha value is -1.14. The van der Waals surface area contributed by atoms with Crippen molar-refractivity contribution in [1.29, 1.82) is 0 Å². The van der Waals surface area contributed by atoms with Gasteiger partial charge in [-0.15, -0.1) is 11.6 Å². The van der Waals surface area contributed by atoms with Gasteiger partial charge in [0.05, 0.1) is 9.82 Å². The van der Waals surface area contributed by atoms with E-state index in [9.17, 15) is 18.5 Å². The number of hydrogen-bond donors (Lipinski definition) is 0. The molecule has 0 radical (unpaired) electrons. The zero-order valence-corrected chi connectivity index (χ0v) is 11.7. The van der Waals surface area contributed by atoms with E-state index in [2.05, 4.69) is 0 Å². The van der Waals surface area contributed by atoms with E-state index in [1.165, 1.54) is 12.1 Å². The fourth-order valence-electron chi connectivity index (χ4n) is 1.50. The van der Waals surface area contributed by atoms with Crippen molar-refractivity contribution >= 4 is 27.1 Å². The molecule has 0 amide bonds. The number of halogens is 1. The summed E-state index contributed by atoms with van der Waals surface area (Å²) in [7, 11) is -3.45. The first kappa shape index (κ1) is 14.9. The molecule has 1 aromatic carbocycles. The lowest BCUT2D eigenvalue weighted by Gasteiger charge is -2.08. The monoisotopic (exact) mass is 291 g/mol. The second-order valence-electron chi connectivity index (χ2n) is 4.03. The van der Waals surface area contributed by atoms with Crippen LogP contribution in [0.5, 0.6) is 0 Å². The Morgan fingerprint density at radius 2 is 2.06 bits per heavy atom. The first-order chi connectivity index (χ1) is 8.25. The number of benzene rings is 1. The van der Waals surface area contributed by atoms with Gasteiger partial charge in [0.25, 0.3) is 5.69 Å². The molecule has 0 saturated carbocycles. The van der Waals surface area contributed by atoms with Crippen molar-refractivity contribution in [2.45, 2.75) is 30.0 Å². The SMILES string of the molecule is CCC(Cl)Cc1ccc(S(C)(=O)=O)cc1[N+](=O)[O-]. The molecule has 0 aliphatic heterocycles. The van der Waals surface area contributed by atoms with E-state index in [4.69, 9.17) is 11.6 Å². The van der Waals surface area contributed by atoms with Gasteiger partial charge in [-0.3, -0.25) is 10.1 Å². The predicted octanol–water partition coefficient (Wildman–Crippen LogP) is 2.56. The maximum atomic E-state index is 11.3. The molecule has 0 heterocycles. The first-order valence-corrected chi connectivity index (χ1v) is 7.70. The van der Waals surface area contributed by atoms with Crippen molar-refractivity contribution in [3.05, 3.63) is 33.9 Å². The molecule has 0 aliphatic rings. The molecule has 0 spiro atoms. The molecule has 1 unspecified atom stereocenters. The second-order valence-corrected chi connectivity index (χ2v) is 6.66. The zero-order chi connectivity index (χ0) is 13.9. The van der Waals surface area contributed by atoms with Crippen LogP contribution in [0.4, 0.5) is 5.69 Å². The van der Waals surface area contributed by atoms with Crippen molar-refractivity contribution < 1.29 is 13.3 Å². The maximum absolute atomic E-state index is 11.3. The lowest BCUT2D eigenvalue weighted by Crippen LogP contribution is -2.06. The number of sulfone groups is 1. The van der Waals surface area contributed by atoms with E-state index in [0.717, 1.165) is 12.3 Å². The normalized spacial score (nSPS) is 13.3. The van der Waals surface area contributed by atoms with Crippen molar-refractivity contribution in [1.82, 2.24) is 0 Å². The van der Waals surface area contributed by atoms with Crippen LogP contribution in [-0.2, 0) is 16.3 Å². The number of nitro benzene ring substituents is 1. The summed E-state index contributed by atoms with van der Waals surface area (Å²) in [5, 5.41) is 10.7. The smallest absolute Gasteiger partial charge is 0.258 e. The highest BCUT2D eigenvalue weighted by molar-refractivity contribution is 7.90. The third-order valence-corrected chi connectivity index (χ3v) is 4.14. The van der Waals surface area contributed by atoms with Gasteiger partial charge >= 0.3 is 0 Å². The highest BCUT2D eigenvalue weighted by atomic mass is 35.5. The zero-order valence-electron chi connectivity index (χ0n) is 10.1. The van der Waals surface area contributed by atoms with Crippen LogP contribution in [0.15, 0.2) is 23.1 Å². The van der Waals surface area contributed by atoms with Crippen LogP contribution in [-0.4, -0.2) is 25.0 Å². The van der Waals surface area contributed by atoms with Gasteiger partial charge in [0.2, 0.25) is 0 Å². The molecule has 18 heavy (non-hydrogen) atoms. The fraction of sp³-hybridized carbons (Fsp3) is 0.455. The van der Waals surface area contributed by atoms with E-state index in [-0.39, 0.29) is 16.0 Å². The van der Waals surface area contributed by atoms with E-state index < -0.39 is 14.8 Å². The molecular weight excluding hydrogens is 278 g/mol. The molecule has 5 nitrogen and oxygen atoms in total. The lowest BCUT2D eigenvalue weighted by atomic mass is 10.1. The summed E-state index contributed by atoms with van der Waals surface area (Å²) in [5.41, 5.74) is 0.256. The number of nitrogens with zero attached hydrogens (tertiary/aromatic N) is 1. The Morgan fingerprint density at radius 3 is 2.50 bits per heavy atom. The second kappa shape index (κ2) is 5.67. The van der Waals surface area contributed by atoms with Crippen LogP contribution in [0.1, 0.15) is 18.9 Å². The van der Waals surface area contributed by atoms with Gasteiger partial charge in [0.1, 0.15) is 0 Å². The fourth-order valence-corrected chi connectivity index (χ4v) is 2.31. The molecule has 100 valence electrons. The summed E-state index contributed by atoms with van der Waals surface area (Å²) in [5.74, 6) is 0.